The number of aryl methyl sites for hydroxylation is 1. The molecule has 4 aromatic rings. The zero-order valence-corrected chi connectivity index (χ0v) is 18.0. The number of methoxy groups -OCH3 is 1. The van der Waals surface area contributed by atoms with Crippen LogP contribution in [0.4, 0.5) is 5.00 Å². The second-order valence-corrected chi connectivity index (χ2v) is 8.95. The number of anilines is 1. The molecule has 0 radical (unpaired) electrons. The van der Waals surface area contributed by atoms with E-state index in [4.69, 9.17) is 16.3 Å². The number of carbonyl (C=O) groups excluding carboxylic acids is 2. The van der Waals surface area contributed by atoms with Gasteiger partial charge in [-0.1, -0.05) is 60.1 Å². The van der Waals surface area contributed by atoms with E-state index in [9.17, 15) is 9.59 Å². The number of hydrogen-bond acceptors (Lipinski definition) is 5. The van der Waals surface area contributed by atoms with E-state index >= 15 is 0 Å². The highest BCUT2D eigenvalue weighted by Gasteiger charge is 2.26. The predicted octanol–water partition coefficient (Wildman–Crippen LogP) is 6.63. The highest BCUT2D eigenvalue weighted by molar-refractivity contribution is 7.22. The van der Waals surface area contributed by atoms with E-state index in [1.54, 1.807) is 0 Å². The Bertz CT molecular complexity index is 1230. The Labute approximate surface area is 180 Å². The van der Waals surface area contributed by atoms with Gasteiger partial charge in [0, 0.05) is 20.5 Å². The highest BCUT2D eigenvalue weighted by Crippen LogP contribution is 2.41. The van der Waals surface area contributed by atoms with E-state index < -0.39 is 5.97 Å². The van der Waals surface area contributed by atoms with Crippen LogP contribution in [0.1, 0.15) is 24.9 Å². The van der Waals surface area contributed by atoms with Crippen molar-refractivity contribution in [2.24, 2.45) is 0 Å². The zero-order valence-electron chi connectivity index (χ0n) is 15.6. The Morgan fingerprint density at radius 1 is 1.00 bits per heavy atom. The third kappa shape index (κ3) is 3.55. The van der Waals surface area contributed by atoms with Crippen molar-refractivity contribution in [1.29, 1.82) is 0 Å². The Hall–Kier alpha value is -2.67. The predicted molar refractivity (Wildman–Crippen MR) is 121 cm³/mol. The fourth-order valence-corrected chi connectivity index (χ4v) is 5.67. The second kappa shape index (κ2) is 7.99. The van der Waals surface area contributed by atoms with Crippen molar-refractivity contribution in [3.05, 3.63) is 74.9 Å². The molecular weight excluding hydrogens is 426 g/mol. The van der Waals surface area contributed by atoms with Crippen molar-refractivity contribution in [1.82, 2.24) is 0 Å². The van der Waals surface area contributed by atoms with Crippen molar-refractivity contribution in [2.75, 3.05) is 12.4 Å². The highest BCUT2D eigenvalue weighted by atomic mass is 35.5. The molecule has 0 aliphatic carbocycles. The maximum Gasteiger partial charge on any atom is 0.341 e. The van der Waals surface area contributed by atoms with E-state index in [0.717, 1.165) is 26.1 Å². The molecule has 0 unspecified atom stereocenters. The third-order valence-electron chi connectivity index (χ3n) is 4.50. The average Bonchev–Trinajstić information content (AvgIpc) is 3.25. The minimum Gasteiger partial charge on any atom is -0.465 e. The van der Waals surface area contributed by atoms with Gasteiger partial charge >= 0.3 is 5.97 Å². The lowest BCUT2D eigenvalue weighted by atomic mass is 10.0. The van der Waals surface area contributed by atoms with Gasteiger partial charge in [-0.3, -0.25) is 4.79 Å². The minimum atomic E-state index is -0.494. The van der Waals surface area contributed by atoms with Crippen LogP contribution in [0, 0.1) is 6.92 Å². The van der Waals surface area contributed by atoms with Gasteiger partial charge in [-0.2, -0.15) is 0 Å². The average molecular weight is 442 g/mol. The number of rotatable bonds is 4. The van der Waals surface area contributed by atoms with Crippen molar-refractivity contribution >= 4 is 61.2 Å². The monoisotopic (exact) mass is 441 g/mol. The fourth-order valence-electron chi connectivity index (χ4n) is 3.20. The molecule has 4 rings (SSSR count). The second-order valence-electron chi connectivity index (χ2n) is 6.29. The summed E-state index contributed by atoms with van der Waals surface area (Å²) in [6.45, 7) is 1.92. The molecule has 0 atom stereocenters. The molecule has 0 fully saturated rings. The number of halogens is 1. The summed E-state index contributed by atoms with van der Waals surface area (Å²) in [5.74, 6) is -0.840. The third-order valence-corrected chi connectivity index (χ3v) is 7.20. The van der Waals surface area contributed by atoms with Crippen LogP contribution in [-0.2, 0) is 4.74 Å². The minimum absolute atomic E-state index is 0.345. The smallest absolute Gasteiger partial charge is 0.341 e. The molecule has 2 aromatic heterocycles. The zero-order chi connectivity index (χ0) is 20.5. The van der Waals surface area contributed by atoms with Crippen molar-refractivity contribution in [3.63, 3.8) is 0 Å². The van der Waals surface area contributed by atoms with Gasteiger partial charge in [-0.25, -0.2) is 4.79 Å². The summed E-state index contributed by atoms with van der Waals surface area (Å²) in [7, 11) is 1.33. The van der Waals surface area contributed by atoms with Gasteiger partial charge in [-0.15, -0.1) is 22.7 Å². The lowest BCUT2D eigenvalue weighted by molar-refractivity contribution is 0.0603. The number of fused-ring (bicyclic) bond motifs is 1. The van der Waals surface area contributed by atoms with Crippen LogP contribution in [-0.4, -0.2) is 19.0 Å². The van der Waals surface area contributed by atoms with Crippen LogP contribution in [0.15, 0.2) is 54.6 Å². The summed E-state index contributed by atoms with van der Waals surface area (Å²) >= 11 is 9.11. The molecule has 29 heavy (non-hydrogen) atoms. The molecule has 0 saturated carbocycles. The molecule has 0 spiro atoms. The number of nitrogens with one attached hydrogen (secondary N) is 1. The van der Waals surface area contributed by atoms with Gasteiger partial charge in [0.1, 0.15) is 15.4 Å². The van der Waals surface area contributed by atoms with E-state index in [2.05, 4.69) is 5.32 Å². The van der Waals surface area contributed by atoms with Crippen molar-refractivity contribution in [3.8, 4) is 11.1 Å². The number of hydrogen-bond donors (Lipinski definition) is 1. The molecule has 0 bridgehead atoms. The summed E-state index contributed by atoms with van der Waals surface area (Å²) in [6.07, 6.45) is 0. The Balaban J connectivity index is 1.78. The summed E-state index contributed by atoms with van der Waals surface area (Å²) in [5, 5.41) is 4.58. The number of carbonyl (C=O) groups is 2. The summed E-state index contributed by atoms with van der Waals surface area (Å²) in [6, 6.07) is 17.2. The van der Waals surface area contributed by atoms with Gasteiger partial charge in [0.15, 0.2) is 0 Å². The van der Waals surface area contributed by atoms with Gasteiger partial charge < -0.3 is 10.1 Å². The van der Waals surface area contributed by atoms with E-state index in [1.165, 1.54) is 29.8 Å². The van der Waals surface area contributed by atoms with Gasteiger partial charge in [0.05, 0.1) is 12.1 Å². The number of amides is 1. The van der Waals surface area contributed by atoms with Gasteiger partial charge in [0.2, 0.25) is 0 Å². The first-order chi connectivity index (χ1) is 14.0. The van der Waals surface area contributed by atoms with Crippen molar-refractivity contribution in [2.45, 2.75) is 6.92 Å². The number of benzene rings is 2. The summed E-state index contributed by atoms with van der Waals surface area (Å²) in [5.41, 5.74) is 2.01. The Morgan fingerprint density at radius 3 is 2.38 bits per heavy atom. The van der Waals surface area contributed by atoms with Gasteiger partial charge in [-0.05, 0) is 18.6 Å². The van der Waals surface area contributed by atoms with Crippen LogP contribution >= 0.6 is 34.3 Å². The van der Waals surface area contributed by atoms with Crippen LogP contribution in [0.3, 0.4) is 0 Å². The topological polar surface area (TPSA) is 55.4 Å². The molecule has 0 aliphatic rings. The molecule has 0 aliphatic heterocycles. The SMILES string of the molecule is COC(=O)c1c(NC(=O)c2sc3ccccc3c2Cl)sc(C)c1-c1ccccc1. The number of esters is 1. The molecule has 0 saturated heterocycles. The largest absolute Gasteiger partial charge is 0.465 e. The summed E-state index contributed by atoms with van der Waals surface area (Å²) in [4.78, 5) is 26.9. The van der Waals surface area contributed by atoms with Gasteiger partial charge in [0.25, 0.3) is 5.91 Å². The molecule has 4 nitrogen and oxygen atoms in total. The maximum absolute atomic E-state index is 13.0. The first kappa shape index (κ1) is 19.6. The Morgan fingerprint density at radius 2 is 1.69 bits per heavy atom. The van der Waals surface area contributed by atoms with E-state index in [1.807, 2.05) is 61.5 Å². The molecule has 2 aromatic carbocycles. The first-order valence-corrected chi connectivity index (χ1v) is 10.8. The molecule has 7 heteroatoms. The standard InChI is InChI=1S/C22H16ClNO3S2/c1-12-16(13-8-4-3-5-9-13)17(22(26)27-2)21(28-12)24-20(25)19-18(23)14-10-6-7-11-15(14)29-19/h3-11H,1-2H3,(H,24,25). The quantitative estimate of drug-likeness (QED) is 0.361. The normalized spacial score (nSPS) is 10.9. The number of ether oxygens (including phenoxy) is 1. The van der Waals surface area contributed by atoms with Crippen LogP contribution in [0.5, 0.6) is 0 Å². The Kier molecular flexibility index (Phi) is 5.41. The van der Waals surface area contributed by atoms with Crippen LogP contribution < -0.4 is 5.32 Å². The molecule has 1 N–H and O–H groups in total. The van der Waals surface area contributed by atoms with E-state index in [-0.39, 0.29) is 5.91 Å². The van der Waals surface area contributed by atoms with Crippen LogP contribution in [0.2, 0.25) is 5.02 Å². The fraction of sp³-hybridized carbons (Fsp3) is 0.0909. The lowest BCUT2D eigenvalue weighted by Crippen LogP contribution is -2.13. The van der Waals surface area contributed by atoms with Crippen molar-refractivity contribution < 1.29 is 14.3 Å². The molecule has 146 valence electrons. The lowest BCUT2D eigenvalue weighted by Gasteiger charge is -2.08. The van der Waals surface area contributed by atoms with Crippen LogP contribution in [0.25, 0.3) is 21.2 Å². The molecule has 2 heterocycles. The molecular formula is C22H16ClNO3S2. The molecule has 1 amide bonds. The maximum atomic E-state index is 13.0. The van der Waals surface area contributed by atoms with E-state index in [0.29, 0.717) is 20.5 Å². The summed E-state index contributed by atoms with van der Waals surface area (Å²) < 4.78 is 5.94. The first-order valence-electron chi connectivity index (χ1n) is 8.76. The number of thiophene rings is 2.